The number of fused-ring (bicyclic) bond motifs is 6. The molecule has 9 aromatic rings. The minimum Gasteiger partial charge on any atom is -0.0616 e. The van der Waals surface area contributed by atoms with Crippen LogP contribution in [0.5, 0.6) is 0 Å². The van der Waals surface area contributed by atoms with Gasteiger partial charge in [0, 0.05) is 5.41 Å². The monoisotopic (exact) mass is 662 g/mol. The Labute approximate surface area is 305 Å². The molecule has 9 aromatic carbocycles. The van der Waals surface area contributed by atoms with E-state index in [1.54, 1.807) is 0 Å². The van der Waals surface area contributed by atoms with Crippen LogP contribution in [0.2, 0.25) is 0 Å². The standard InChI is InChI=1S/C52H38/c1-33-16-28-42-43-29-27-41(32-49(43)52(2,3)48(42)30-33)36-19-24-38(25-20-36)51-46-14-8-6-12-44(46)50(45-13-7-9-15-47(45)51)37-22-17-35(18-23-37)40-26-21-34-10-4-5-11-39(34)31-40/h4-32H,1-3H3. The minimum absolute atomic E-state index is 0.0248. The van der Waals surface area contributed by atoms with Crippen molar-refractivity contribution in [2.45, 2.75) is 26.2 Å². The Bertz CT molecular complexity index is 2790. The topological polar surface area (TPSA) is 0 Å². The third-order valence-corrected chi connectivity index (χ3v) is 11.5. The molecule has 0 spiro atoms. The first-order valence-electron chi connectivity index (χ1n) is 18.3. The zero-order valence-corrected chi connectivity index (χ0v) is 29.7. The van der Waals surface area contributed by atoms with Gasteiger partial charge in [0.1, 0.15) is 0 Å². The van der Waals surface area contributed by atoms with Gasteiger partial charge < -0.3 is 0 Å². The quantitative estimate of drug-likeness (QED) is 0.165. The van der Waals surface area contributed by atoms with E-state index in [0.717, 1.165) is 0 Å². The number of rotatable bonds is 4. The molecule has 0 amide bonds. The van der Waals surface area contributed by atoms with Crippen molar-refractivity contribution in [2.24, 2.45) is 0 Å². The van der Waals surface area contributed by atoms with Gasteiger partial charge in [-0.3, -0.25) is 0 Å². The number of aryl methyl sites for hydroxylation is 1. The van der Waals surface area contributed by atoms with Gasteiger partial charge in [0.05, 0.1) is 0 Å². The molecule has 0 fully saturated rings. The van der Waals surface area contributed by atoms with E-state index in [1.165, 1.54) is 105 Å². The maximum atomic E-state index is 2.42. The van der Waals surface area contributed by atoms with Crippen molar-refractivity contribution in [1.29, 1.82) is 0 Å². The van der Waals surface area contributed by atoms with E-state index in [9.17, 15) is 0 Å². The molecule has 0 aromatic heterocycles. The fraction of sp³-hybridized carbons (Fsp3) is 0.0769. The Morgan fingerprint density at radius 2 is 0.731 bits per heavy atom. The Kier molecular flexibility index (Phi) is 6.85. The molecule has 0 N–H and O–H groups in total. The average Bonchev–Trinajstić information content (AvgIpc) is 3.41. The molecule has 0 radical (unpaired) electrons. The van der Waals surface area contributed by atoms with Crippen LogP contribution in [0.4, 0.5) is 0 Å². The molecule has 1 aliphatic rings. The van der Waals surface area contributed by atoms with E-state index in [0.29, 0.717) is 0 Å². The van der Waals surface area contributed by atoms with Crippen LogP contribution in [0.15, 0.2) is 176 Å². The Hall–Kier alpha value is -6.24. The van der Waals surface area contributed by atoms with Gasteiger partial charge in [-0.1, -0.05) is 183 Å². The normalized spacial score (nSPS) is 13.1. The van der Waals surface area contributed by atoms with E-state index >= 15 is 0 Å². The van der Waals surface area contributed by atoms with Gasteiger partial charge >= 0.3 is 0 Å². The smallest absolute Gasteiger partial charge is 0.0159 e. The molecule has 0 saturated carbocycles. The molecule has 0 heterocycles. The van der Waals surface area contributed by atoms with Crippen LogP contribution in [0.1, 0.15) is 30.5 Å². The highest BCUT2D eigenvalue weighted by molar-refractivity contribution is 6.21. The first-order valence-corrected chi connectivity index (χ1v) is 18.3. The molecule has 1 aliphatic carbocycles. The van der Waals surface area contributed by atoms with E-state index in [4.69, 9.17) is 0 Å². The van der Waals surface area contributed by atoms with E-state index in [1.807, 2.05) is 0 Å². The predicted molar refractivity (Wildman–Crippen MR) is 223 cm³/mol. The molecule has 0 heteroatoms. The lowest BCUT2D eigenvalue weighted by Gasteiger charge is -2.22. The molecular weight excluding hydrogens is 625 g/mol. The molecule has 0 nitrogen and oxygen atoms in total. The van der Waals surface area contributed by atoms with Gasteiger partial charge in [-0.2, -0.15) is 0 Å². The van der Waals surface area contributed by atoms with Gasteiger partial charge in [0.15, 0.2) is 0 Å². The molecule has 246 valence electrons. The second kappa shape index (κ2) is 11.7. The lowest BCUT2D eigenvalue weighted by Crippen LogP contribution is -2.15. The SMILES string of the molecule is Cc1ccc2c(c1)C(C)(C)c1cc(-c3ccc(-c4c5ccccc5c(-c5ccc(-c6ccc7ccccc7c6)cc5)c5ccccc45)cc3)ccc1-2. The number of hydrogen-bond acceptors (Lipinski definition) is 0. The van der Waals surface area contributed by atoms with Crippen molar-refractivity contribution in [1.82, 2.24) is 0 Å². The summed E-state index contributed by atoms with van der Waals surface area (Å²) in [4.78, 5) is 0. The maximum Gasteiger partial charge on any atom is 0.0159 e. The number of hydrogen-bond donors (Lipinski definition) is 0. The molecule has 0 atom stereocenters. The van der Waals surface area contributed by atoms with Crippen molar-refractivity contribution in [2.75, 3.05) is 0 Å². The van der Waals surface area contributed by atoms with Crippen molar-refractivity contribution in [3.05, 3.63) is 193 Å². The maximum absolute atomic E-state index is 2.42. The van der Waals surface area contributed by atoms with Crippen molar-refractivity contribution in [3.8, 4) is 55.6 Å². The van der Waals surface area contributed by atoms with Crippen LogP contribution in [0.25, 0.3) is 88.0 Å². The van der Waals surface area contributed by atoms with Crippen molar-refractivity contribution < 1.29 is 0 Å². The Morgan fingerprint density at radius 1 is 0.327 bits per heavy atom. The predicted octanol–water partition coefficient (Wildman–Crippen LogP) is 14.4. The first kappa shape index (κ1) is 30.6. The minimum atomic E-state index is -0.0248. The fourth-order valence-electron chi connectivity index (χ4n) is 8.81. The summed E-state index contributed by atoms with van der Waals surface area (Å²) in [6.45, 7) is 6.92. The number of benzene rings is 9. The molecule has 0 aliphatic heterocycles. The van der Waals surface area contributed by atoms with Crippen molar-refractivity contribution >= 4 is 32.3 Å². The third-order valence-electron chi connectivity index (χ3n) is 11.5. The van der Waals surface area contributed by atoms with Gasteiger partial charge in [-0.15, -0.1) is 0 Å². The zero-order valence-electron chi connectivity index (χ0n) is 29.7. The molecule has 10 rings (SSSR count). The summed E-state index contributed by atoms with van der Waals surface area (Å²) < 4.78 is 0. The van der Waals surface area contributed by atoms with Crippen molar-refractivity contribution in [3.63, 3.8) is 0 Å². The highest BCUT2D eigenvalue weighted by Gasteiger charge is 2.35. The molecule has 0 unspecified atom stereocenters. The lowest BCUT2D eigenvalue weighted by molar-refractivity contribution is 0.660. The first-order chi connectivity index (χ1) is 25.4. The average molecular weight is 663 g/mol. The second-order valence-electron chi connectivity index (χ2n) is 15.0. The van der Waals surface area contributed by atoms with Gasteiger partial charge in [0.25, 0.3) is 0 Å². The summed E-state index contributed by atoms with van der Waals surface area (Å²) in [5, 5.41) is 7.62. The van der Waals surface area contributed by atoms with E-state index < -0.39 is 0 Å². The second-order valence-corrected chi connectivity index (χ2v) is 15.0. The van der Waals surface area contributed by atoms with Gasteiger partial charge in [-0.05, 0) is 118 Å². The summed E-state index contributed by atoms with van der Waals surface area (Å²) in [6, 6.07) is 65.5. The summed E-state index contributed by atoms with van der Waals surface area (Å²) >= 11 is 0. The van der Waals surface area contributed by atoms with E-state index in [-0.39, 0.29) is 5.41 Å². The van der Waals surface area contributed by atoms with Crippen LogP contribution in [0.3, 0.4) is 0 Å². The molecule has 0 bridgehead atoms. The summed E-state index contributed by atoms with van der Waals surface area (Å²) in [6.07, 6.45) is 0. The molecule has 52 heavy (non-hydrogen) atoms. The van der Waals surface area contributed by atoms with Crippen LogP contribution < -0.4 is 0 Å². The lowest BCUT2D eigenvalue weighted by atomic mass is 9.81. The molecule has 0 saturated heterocycles. The highest BCUT2D eigenvalue weighted by Crippen LogP contribution is 2.50. The van der Waals surface area contributed by atoms with E-state index in [2.05, 4.69) is 197 Å². The van der Waals surface area contributed by atoms with Crippen LogP contribution >= 0.6 is 0 Å². The summed E-state index contributed by atoms with van der Waals surface area (Å²) in [7, 11) is 0. The van der Waals surface area contributed by atoms with Crippen LogP contribution in [-0.2, 0) is 5.41 Å². The summed E-state index contributed by atoms with van der Waals surface area (Å²) in [5.41, 5.74) is 16.9. The van der Waals surface area contributed by atoms with Crippen LogP contribution in [-0.4, -0.2) is 0 Å². The largest absolute Gasteiger partial charge is 0.0616 e. The van der Waals surface area contributed by atoms with Crippen LogP contribution in [0, 0.1) is 6.92 Å². The Balaban J connectivity index is 1.06. The third kappa shape index (κ3) is 4.75. The van der Waals surface area contributed by atoms with Gasteiger partial charge in [0.2, 0.25) is 0 Å². The summed E-state index contributed by atoms with van der Waals surface area (Å²) in [5.74, 6) is 0. The molecular formula is C52H38. The fourth-order valence-corrected chi connectivity index (χ4v) is 8.81. The van der Waals surface area contributed by atoms with Gasteiger partial charge in [-0.25, -0.2) is 0 Å². The zero-order chi connectivity index (χ0) is 35.0. The Morgan fingerprint density at radius 3 is 1.29 bits per heavy atom. The highest BCUT2D eigenvalue weighted by atomic mass is 14.4.